The van der Waals surface area contributed by atoms with Gasteiger partial charge in [-0.05, 0) is 19.8 Å². The highest BCUT2D eigenvalue weighted by molar-refractivity contribution is 8.90. The van der Waals surface area contributed by atoms with Crippen molar-refractivity contribution in [3.8, 4) is 0 Å². The fourth-order valence-corrected chi connectivity index (χ4v) is 10.6. The van der Waals surface area contributed by atoms with Crippen molar-refractivity contribution in [2.45, 2.75) is 40.0 Å². The molecule has 0 amide bonds. The third-order valence-corrected chi connectivity index (χ3v) is 11.4. The standard InChI is InChI=1S/C12H24NOPS3/c1-5-8-11-18-15(14,17-10-7-3)13(9-6-2)12(4)16/h6H,2,5,7-11H2,1,3-4H3. The van der Waals surface area contributed by atoms with E-state index in [1.54, 1.807) is 28.8 Å². The maximum Gasteiger partial charge on any atom is 0.281 e. The van der Waals surface area contributed by atoms with Gasteiger partial charge in [-0.25, -0.2) is 0 Å². The van der Waals surface area contributed by atoms with Gasteiger partial charge in [-0.1, -0.05) is 61.3 Å². The number of hydrogen-bond acceptors (Lipinski definition) is 4. The first-order valence-corrected chi connectivity index (χ1v) is 11.5. The van der Waals surface area contributed by atoms with Crippen LogP contribution in [0.25, 0.3) is 0 Å². The Labute approximate surface area is 125 Å². The SMILES string of the molecule is C=CCN(C(C)=S)P(=O)(SCCC)SCCCC. The van der Waals surface area contributed by atoms with Crippen LogP contribution in [0, 0.1) is 0 Å². The molecule has 0 aliphatic rings. The van der Waals surface area contributed by atoms with E-state index in [-0.39, 0.29) is 0 Å². The van der Waals surface area contributed by atoms with E-state index >= 15 is 0 Å². The van der Waals surface area contributed by atoms with Crippen molar-refractivity contribution < 1.29 is 4.57 Å². The molecule has 0 bridgehead atoms. The second-order valence-electron chi connectivity index (χ2n) is 3.88. The van der Waals surface area contributed by atoms with E-state index in [1.165, 1.54) is 0 Å². The number of rotatable bonds is 10. The summed E-state index contributed by atoms with van der Waals surface area (Å²) in [5.41, 5.74) is -2.49. The van der Waals surface area contributed by atoms with Crippen molar-refractivity contribution in [3.05, 3.63) is 12.7 Å². The van der Waals surface area contributed by atoms with Crippen LogP contribution in [0.2, 0.25) is 0 Å². The quantitative estimate of drug-likeness (QED) is 0.225. The molecule has 0 saturated heterocycles. The largest absolute Gasteiger partial charge is 0.297 e. The number of unbranched alkanes of at least 4 members (excludes halogenated alkanes) is 1. The highest BCUT2D eigenvalue weighted by Gasteiger charge is 2.31. The monoisotopic (exact) mass is 325 g/mol. The number of nitrogens with zero attached hydrogens (tertiary/aromatic N) is 1. The molecular weight excluding hydrogens is 301 g/mol. The summed E-state index contributed by atoms with van der Waals surface area (Å²) in [7, 11) is 0. The number of thiocarbonyl (C=S) groups is 1. The molecule has 0 spiro atoms. The van der Waals surface area contributed by atoms with Gasteiger partial charge in [-0.15, -0.1) is 6.58 Å². The second-order valence-corrected chi connectivity index (χ2v) is 12.4. The van der Waals surface area contributed by atoms with Crippen LogP contribution >= 0.6 is 40.7 Å². The summed E-state index contributed by atoms with van der Waals surface area (Å²) >= 11 is 8.37. The molecule has 0 aromatic heterocycles. The Balaban J connectivity index is 4.83. The maximum atomic E-state index is 13.1. The van der Waals surface area contributed by atoms with Crippen LogP contribution in [0.15, 0.2) is 12.7 Å². The van der Waals surface area contributed by atoms with E-state index in [9.17, 15) is 4.57 Å². The van der Waals surface area contributed by atoms with Gasteiger partial charge in [-0.3, -0.25) is 9.24 Å². The van der Waals surface area contributed by atoms with Crippen LogP contribution in [-0.4, -0.2) is 27.7 Å². The van der Waals surface area contributed by atoms with Gasteiger partial charge in [0.15, 0.2) is 0 Å². The molecule has 0 heterocycles. The Bertz CT molecular complexity index is 310. The summed E-state index contributed by atoms with van der Waals surface area (Å²) < 4.78 is 15.0. The third-order valence-electron chi connectivity index (χ3n) is 2.17. The zero-order chi connectivity index (χ0) is 14.0. The van der Waals surface area contributed by atoms with Crippen LogP contribution < -0.4 is 0 Å². The molecule has 0 aliphatic carbocycles. The van der Waals surface area contributed by atoms with Crippen molar-refractivity contribution in [3.63, 3.8) is 0 Å². The van der Waals surface area contributed by atoms with E-state index in [0.29, 0.717) is 11.5 Å². The fourth-order valence-electron chi connectivity index (χ4n) is 1.23. The topological polar surface area (TPSA) is 20.3 Å². The van der Waals surface area contributed by atoms with Gasteiger partial charge in [0.2, 0.25) is 0 Å². The van der Waals surface area contributed by atoms with Crippen LogP contribution in [0.1, 0.15) is 40.0 Å². The van der Waals surface area contributed by atoms with E-state index in [2.05, 4.69) is 20.4 Å². The lowest BCUT2D eigenvalue weighted by Crippen LogP contribution is -2.22. The van der Waals surface area contributed by atoms with Crippen LogP contribution in [0.5, 0.6) is 0 Å². The first-order chi connectivity index (χ1) is 8.51. The molecule has 1 atom stereocenters. The number of hydrogen-bond donors (Lipinski definition) is 0. The summed E-state index contributed by atoms with van der Waals surface area (Å²) in [4.78, 5) is 0.700. The summed E-state index contributed by atoms with van der Waals surface area (Å²) in [6, 6.07) is 0. The minimum atomic E-state index is -2.49. The van der Waals surface area contributed by atoms with Crippen LogP contribution in [0.4, 0.5) is 0 Å². The maximum absolute atomic E-state index is 13.1. The summed E-state index contributed by atoms with van der Waals surface area (Å²) in [6.07, 6.45) is 5.03. The van der Waals surface area contributed by atoms with E-state index in [0.717, 1.165) is 30.8 Å². The Hall–Kier alpha value is 0.560. The average molecular weight is 326 g/mol. The first-order valence-electron chi connectivity index (χ1n) is 6.30. The van der Waals surface area contributed by atoms with Gasteiger partial charge in [-0.2, -0.15) is 0 Å². The van der Waals surface area contributed by atoms with Crippen molar-refractivity contribution in [2.24, 2.45) is 0 Å². The molecule has 106 valence electrons. The molecule has 0 saturated carbocycles. The van der Waals surface area contributed by atoms with Gasteiger partial charge >= 0.3 is 0 Å². The minimum Gasteiger partial charge on any atom is -0.297 e. The molecule has 0 aromatic carbocycles. The van der Waals surface area contributed by atoms with Crippen molar-refractivity contribution >= 4 is 45.7 Å². The molecule has 0 rings (SSSR count). The summed E-state index contributed by atoms with van der Waals surface area (Å²) in [5.74, 6) is 1.84. The first kappa shape index (κ1) is 18.6. The van der Waals surface area contributed by atoms with Crippen LogP contribution in [-0.2, 0) is 4.57 Å². The van der Waals surface area contributed by atoms with E-state index in [1.807, 2.05) is 11.6 Å². The molecule has 0 radical (unpaired) electrons. The zero-order valence-corrected chi connectivity index (χ0v) is 14.9. The van der Waals surface area contributed by atoms with Gasteiger partial charge < -0.3 is 0 Å². The molecule has 0 N–H and O–H groups in total. The Kier molecular flexibility index (Phi) is 10.7. The molecule has 0 fully saturated rings. The molecular formula is C12H24NOPS3. The van der Waals surface area contributed by atoms with Gasteiger partial charge in [0, 0.05) is 18.1 Å². The van der Waals surface area contributed by atoms with Crippen molar-refractivity contribution in [1.29, 1.82) is 0 Å². The molecule has 1 unspecified atom stereocenters. The second kappa shape index (κ2) is 10.4. The summed E-state index contributed by atoms with van der Waals surface area (Å²) in [6.45, 7) is 10.4. The molecule has 0 aliphatic heterocycles. The molecule has 6 heteroatoms. The Morgan fingerprint density at radius 1 is 1.33 bits per heavy atom. The Morgan fingerprint density at radius 2 is 1.94 bits per heavy atom. The fraction of sp³-hybridized carbons (Fsp3) is 0.750. The lowest BCUT2D eigenvalue weighted by molar-refractivity contribution is 0.560. The predicted octanol–water partition coefficient (Wildman–Crippen LogP) is 5.61. The molecule has 18 heavy (non-hydrogen) atoms. The average Bonchev–Trinajstić information content (AvgIpc) is 2.33. The minimum absolute atomic E-state index is 0.572. The van der Waals surface area contributed by atoms with Crippen molar-refractivity contribution in [1.82, 2.24) is 4.67 Å². The van der Waals surface area contributed by atoms with Gasteiger partial charge in [0.1, 0.15) is 0 Å². The lowest BCUT2D eigenvalue weighted by Gasteiger charge is -2.30. The highest BCUT2D eigenvalue weighted by Crippen LogP contribution is 2.71. The predicted molar refractivity (Wildman–Crippen MR) is 92.9 cm³/mol. The highest BCUT2D eigenvalue weighted by atomic mass is 33.1. The van der Waals surface area contributed by atoms with Crippen molar-refractivity contribution in [2.75, 3.05) is 18.1 Å². The van der Waals surface area contributed by atoms with Gasteiger partial charge in [0.05, 0.1) is 4.99 Å². The Morgan fingerprint density at radius 3 is 2.39 bits per heavy atom. The lowest BCUT2D eigenvalue weighted by atomic mass is 10.4. The van der Waals surface area contributed by atoms with E-state index in [4.69, 9.17) is 12.2 Å². The van der Waals surface area contributed by atoms with Gasteiger partial charge in [0.25, 0.3) is 5.70 Å². The molecule has 2 nitrogen and oxygen atoms in total. The molecule has 0 aromatic rings. The zero-order valence-electron chi connectivity index (χ0n) is 11.6. The smallest absolute Gasteiger partial charge is 0.281 e. The summed E-state index contributed by atoms with van der Waals surface area (Å²) in [5, 5.41) is 0. The van der Waals surface area contributed by atoms with E-state index < -0.39 is 5.70 Å². The van der Waals surface area contributed by atoms with Crippen LogP contribution in [0.3, 0.4) is 0 Å². The third kappa shape index (κ3) is 6.65. The normalized spacial score (nSPS) is 13.9.